The fourth-order valence-corrected chi connectivity index (χ4v) is 2.31. The van der Waals surface area contributed by atoms with Gasteiger partial charge in [0.25, 0.3) is 5.91 Å². The van der Waals surface area contributed by atoms with Gasteiger partial charge in [0.1, 0.15) is 12.0 Å². The molecule has 0 heterocycles. The Hall–Kier alpha value is -2.72. The molecule has 1 aromatic rings. The van der Waals surface area contributed by atoms with Crippen LogP contribution in [0.25, 0.3) is 0 Å². The van der Waals surface area contributed by atoms with Crippen molar-refractivity contribution in [1.82, 2.24) is 5.32 Å². The fourth-order valence-electron chi connectivity index (χ4n) is 2.09. The number of hydrogen-bond donors (Lipinski definition) is 2. The maximum absolute atomic E-state index is 12.3. The molecule has 0 aliphatic heterocycles. The molecule has 2 atom stereocenters. The molecule has 0 aliphatic carbocycles. The summed E-state index contributed by atoms with van der Waals surface area (Å²) >= 11 is 5.97. The summed E-state index contributed by atoms with van der Waals surface area (Å²) in [5.41, 5.74) is 0.0913. The van der Waals surface area contributed by atoms with Crippen LogP contribution in [0.4, 0.5) is 0 Å². The number of carbonyl (C=O) groups is 3. The first kappa shape index (κ1) is 21.3. The molecule has 0 radical (unpaired) electrons. The smallest absolute Gasteiger partial charge is 0.329 e. The third-order valence-corrected chi connectivity index (χ3v) is 3.90. The lowest BCUT2D eigenvalue weighted by Crippen LogP contribution is -2.46. The third kappa shape index (κ3) is 5.67. The molecule has 0 saturated carbocycles. The summed E-state index contributed by atoms with van der Waals surface area (Å²) in [5, 5.41) is 19.0. The maximum Gasteiger partial charge on any atom is 0.329 e. The molecule has 26 heavy (non-hydrogen) atoms. The quantitative estimate of drug-likeness (QED) is 0.532. The van der Waals surface area contributed by atoms with Gasteiger partial charge in [-0.1, -0.05) is 37.6 Å². The molecular formula is C18H20ClN3O4. The lowest BCUT2D eigenvalue weighted by molar-refractivity contribution is -0.151. The van der Waals surface area contributed by atoms with E-state index in [9.17, 15) is 14.4 Å². The molecule has 0 aliphatic rings. The van der Waals surface area contributed by atoms with E-state index < -0.39 is 36.2 Å². The highest BCUT2D eigenvalue weighted by Gasteiger charge is 2.28. The summed E-state index contributed by atoms with van der Waals surface area (Å²) in [6, 6.07) is 7.09. The van der Waals surface area contributed by atoms with Gasteiger partial charge in [-0.05, 0) is 25.0 Å². The minimum absolute atomic E-state index is 0.124. The first-order chi connectivity index (χ1) is 12.2. The number of nitriles is 1. The van der Waals surface area contributed by atoms with Crippen molar-refractivity contribution in [2.75, 3.05) is 6.61 Å². The first-order valence-corrected chi connectivity index (χ1v) is 8.26. The van der Waals surface area contributed by atoms with Crippen molar-refractivity contribution >= 4 is 35.0 Å². The molecule has 8 heteroatoms. The molecule has 1 amide bonds. The molecule has 138 valence electrons. The number of hydrogen-bond acceptors (Lipinski definition) is 6. The van der Waals surface area contributed by atoms with Crippen LogP contribution in [0.2, 0.25) is 5.02 Å². The number of ether oxygens (including phenoxy) is 1. The zero-order valence-electron chi connectivity index (χ0n) is 14.7. The minimum atomic E-state index is -1.25. The van der Waals surface area contributed by atoms with Crippen LogP contribution < -0.4 is 5.32 Å². The molecule has 0 fully saturated rings. The van der Waals surface area contributed by atoms with E-state index in [1.54, 1.807) is 38.1 Å². The third-order valence-electron chi connectivity index (χ3n) is 3.57. The van der Waals surface area contributed by atoms with Gasteiger partial charge in [-0.15, -0.1) is 0 Å². The van der Waals surface area contributed by atoms with E-state index >= 15 is 0 Å². The second-order valence-electron chi connectivity index (χ2n) is 5.99. The Morgan fingerprint density at radius 2 is 1.92 bits per heavy atom. The number of nitrogens with one attached hydrogen (secondary N) is 2. The Bertz CT molecular complexity index is 755. The maximum atomic E-state index is 12.3. The van der Waals surface area contributed by atoms with Gasteiger partial charge in [0.05, 0.1) is 16.7 Å². The van der Waals surface area contributed by atoms with Crippen LogP contribution in [0.5, 0.6) is 0 Å². The highest BCUT2D eigenvalue weighted by molar-refractivity contribution is 6.33. The SMILES string of the molecule is CC(=N)[C@@H](C#N)C(=O)COC(=O)[C@@H](NC(=O)c1ccccc1Cl)C(C)C. The zero-order valence-corrected chi connectivity index (χ0v) is 15.5. The van der Waals surface area contributed by atoms with Crippen molar-refractivity contribution in [2.24, 2.45) is 11.8 Å². The van der Waals surface area contributed by atoms with E-state index in [2.05, 4.69) is 5.32 Å². The van der Waals surface area contributed by atoms with Crippen LogP contribution in [0.3, 0.4) is 0 Å². The number of amides is 1. The summed E-state index contributed by atoms with van der Waals surface area (Å²) in [6.07, 6.45) is 0. The van der Waals surface area contributed by atoms with Crippen molar-refractivity contribution in [3.05, 3.63) is 34.9 Å². The van der Waals surface area contributed by atoms with Crippen LogP contribution >= 0.6 is 11.6 Å². The number of Topliss-reactive ketones (excluding diaryl/α,β-unsaturated/α-hetero) is 1. The molecule has 0 bridgehead atoms. The average molecular weight is 378 g/mol. The van der Waals surface area contributed by atoms with Crippen molar-refractivity contribution in [1.29, 1.82) is 10.7 Å². The molecule has 1 aromatic carbocycles. The lowest BCUT2D eigenvalue weighted by Gasteiger charge is -2.21. The Kier molecular flexibility index (Phi) is 7.94. The number of nitrogens with zero attached hydrogens (tertiary/aromatic N) is 1. The number of benzene rings is 1. The molecule has 0 unspecified atom stereocenters. The van der Waals surface area contributed by atoms with Gasteiger partial charge in [-0.25, -0.2) is 4.79 Å². The van der Waals surface area contributed by atoms with Crippen LogP contribution in [-0.2, 0) is 14.3 Å². The van der Waals surface area contributed by atoms with Gasteiger partial charge in [0.2, 0.25) is 0 Å². The van der Waals surface area contributed by atoms with E-state index in [0.717, 1.165) is 0 Å². The van der Waals surface area contributed by atoms with E-state index in [4.69, 9.17) is 27.0 Å². The van der Waals surface area contributed by atoms with Crippen LogP contribution in [0, 0.1) is 28.6 Å². The zero-order chi connectivity index (χ0) is 19.9. The summed E-state index contributed by atoms with van der Waals surface area (Å²) in [4.78, 5) is 36.4. The van der Waals surface area contributed by atoms with Gasteiger partial charge in [-0.2, -0.15) is 5.26 Å². The monoisotopic (exact) mass is 377 g/mol. The second kappa shape index (κ2) is 9.68. The predicted molar refractivity (Wildman–Crippen MR) is 96.0 cm³/mol. The molecule has 0 saturated heterocycles. The lowest BCUT2D eigenvalue weighted by atomic mass is 10.0. The second-order valence-corrected chi connectivity index (χ2v) is 6.40. The van der Waals surface area contributed by atoms with Gasteiger partial charge >= 0.3 is 5.97 Å². The van der Waals surface area contributed by atoms with Crippen LogP contribution in [0.15, 0.2) is 24.3 Å². The van der Waals surface area contributed by atoms with E-state index in [-0.39, 0.29) is 22.2 Å². The number of rotatable bonds is 8. The largest absolute Gasteiger partial charge is 0.456 e. The van der Waals surface area contributed by atoms with Gasteiger partial charge in [-0.3, -0.25) is 9.59 Å². The van der Waals surface area contributed by atoms with Crippen molar-refractivity contribution in [3.8, 4) is 6.07 Å². The average Bonchev–Trinajstić information content (AvgIpc) is 2.57. The summed E-state index contributed by atoms with van der Waals surface area (Å²) in [7, 11) is 0. The van der Waals surface area contributed by atoms with Crippen LogP contribution in [0.1, 0.15) is 31.1 Å². The number of halogens is 1. The topological polar surface area (TPSA) is 120 Å². The Balaban J connectivity index is 2.78. The molecule has 7 nitrogen and oxygen atoms in total. The Morgan fingerprint density at radius 1 is 1.31 bits per heavy atom. The molecule has 0 aromatic heterocycles. The van der Waals surface area contributed by atoms with E-state index in [1.807, 2.05) is 0 Å². The van der Waals surface area contributed by atoms with Gasteiger partial charge in [0, 0.05) is 5.71 Å². The molecule has 1 rings (SSSR count). The molecule has 2 N–H and O–H groups in total. The van der Waals surface area contributed by atoms with Crippen molar-refractivity contribution in [2.45, 2.75) is 26.8 Å². The minimum Gasteiger partial charge on any atom is -0.456 e. The Morgan fingerprint density at radius 3 is 2.42 bits per heavy atom. The van der Waals surface area contributed by atoms with Crippen molar-refractivity contribution < 1.29 is 19.1 Å². The summed E-state index contributed by atoms with van der Waals surface area (Å²) in [5.74, 6) is -3.58. The van der Waals surface area contributed by atoms with E-state index in [1.165, 1.54) is 13.0 Å². The van der Waals surface area contributed by atoms with Gasteiger partial charge in [0.15, 0.2) is 12.4 Å². The Labute approximate surface area is 156 Å². The summed E-state index contributed by atoms with van der Waals surface area (Å²) in [6.45, 7) is 4.10. The highest BCUT2D eigenvalue weighted by atomic mass is 35.5. The van der Waals surface area contributed by atoms with Crippen LogP contribution in [-0.4, -0.2) is 36.0 Å². The molecular weight excluding hydrogens is 358 g/mol. The number of ketones is 1. The number of esters is 1. The van der Waals surface area contributed by atoms with Gasteiger partial charge < -0.3 is 15.5 Å². The molecule has 0 spiro atoms. The number of carbonyl (C=O) groups excluding carboxylic acids is 3. The summed E-state index contributed by atoms with van der Waals surface area (Å²) < 4.78 is 4.94. The fraction of sp³-hybridized carbons (Fsp3) is 0.389. The first-order valence-electron chi connectivity index (χ1n) is 7.88. The predicted octanol–water partition coefficient (Wildman–Crippen LogP) is 2.39. The normalized spacial score (nSPS) is 12.6. The van der Waals surface area contributed by atoms with Crippen molar-refractivity contribution in [3.63, 3.8) is 0 Å². The highest BCUT2D eigenvalue weighted by Crippen LogP contribution is 2.16. The van der Waals surface area contributed by atoms with E-state index in [0.29, 0.717) is 0 Å². The standard InChI is InChI=1S/C18H20ClN3O4/c1-10(2)16(22-17(24)12-6-4-5-7-14(12)19)18(25)26-9-15(23)13(8-20)11(3)21/h4-7,10,13,16,21H,9H2,1-3H3,(H,22,24)/t13-,16+/m1/s1.